The van der Waals surface area contributed by atoms with Crippen LogP contribution < -0.4 is 5.32 Å². The SMILES string of the molecule is CC1CC2(C1)NC(C(=O)O)CS2. The molecule has 0 aromatic rings. The Morgan fingerprint density at radius 2 is 2.33 bits per heavy atom. The van der Waals surface area contributed by atoms with Gasteiger partial charge in [0, 0.05) is 5.75 Å². The van der Waals surface area contributed by atoms with Gasteiger partial charge in [-0.05, 0) is 18.8 Å². The smallest absolute Gasteiger partial charge is 0.321 e. The molecule has 4 heteroatoms. The Kier molecular flexibility index (Phi) is 1.84. The fourth-order valence-electron chi connectivity index (χ4n) is 2.08. The van der Waals surface area contributed by atoms with Crippen molar-refractivity contribution in [2.45, 2.75) is 30.7 Å². The average molecular weight is 187 g/mol. The van der Waals surface area contributed by atoms with Gasteiger partial charge in [-0.2, -0.15) is 0 Å². The number of hydrogen-bond acceptors (Lipinski definition) is 3. The second kappa shape index (κ2) is 2.64. The van der Waals surface area contributed by atoms with Crippen LogP contribution >= 0.6 is 11.8 Å². The minimum atomic E-state index is -0.709. The lowest BCUT2D eigenvalue weighted by Crippen LogP contribution is -2.52. The van der Waals surface area contributed by atoms with E-state index in [2.05, 4.69) is 12.2 Å². The van der Waals surface area contributed by atoms with Gasteiger partial charge in [0.1, 0.15) is 6.04 Å². The lowest BCUT2D eigenvalue weighted by molar-refractivity contribution is -0.139. The molecule has 0 radical (unpaired) electrons. The van der Waals surface area contributed by atoms with Crippen LogP contribution in [-0.4, -0.2) is 27.7 Å². The molecule has 1 heterocycles. The molecular formula is C8H13NO2S. The fourth-order valence-corrected chi connectivity index (χ4v) is 3.82. The van der Waals surface area contributed by atoms with Gasteiger partial charge in [0.2, 0.25) is 0 Å². The van der Waals surface area contributed by atoms with Crippen LogP contribution in [0.25, 0.3) is 0 Å². The molecule has 0 amide bonds. The quantitative estimate of drug-likeness (QED) is 0.640. The first-order valence-electron chi connectivity index (χ1n) is 4.26. The lowest BCUT2D eigenvalue weighted by Gasteiger charge is -2.43. The summed E-state index contributed by atoms with van der Waals surface area (Å²) in [6.45, 7) is 2.21. The van der Waals surface area contributed by atoms with E-state index in [0.717, 1.165) is 24.5 Å². The largest absolute Gasteiger partial charge is 0.480 e. The molecule has 1 unspecified atom stereocenters. The van der Waals surface area contributed by atoms with Gasteiger partial charge in [-0.25, -0.2) is 0 Å². The molecule has 1 atom stereocenters. The maximum atomic E-state index is 10.6. The third kappa shape index (κ3) is 1.23. The van der Waals surface area contributed by atoms with Crippen molar-refractivity contribution in [1.82, 2.24) is 5.32 Å². The summed E-state index contributed by atoms with van der Waals surface area (Å²) < 4.78 is 0. The van der Waals surface area contributed by atoms with E-state index < -0.39 is 5.97 Å². The van der Waals surface area contributed by atoms with Crippen molar-refractivity contribution < 1.29 is 9.90 Å². The van der Waals surface area contributed by atoms with Crippen molar-refractivity contribution in [2.75, 3.05) is 5.75 Å². The molecule has 1 aliphatic carbocycles. The maximum Gasteiger partial charge on any atom is 0.321 e. The van der Waals surface area contributed by atoms with Gasteiger partial charge in [0.15, 0.2) is 0 Å². The van der Waals surface area contributed by atoms with Gasteiger partial charge in [-0.3, -0.25) is 10.1 Å². The number of aliphatic carboxylic acids is 1. The minimum Gasteiger partial charge on any atom is -0.480 e. The summed E-state index contributed by atoms with van der Waals surface area (Å²) in [6.07, 6.45) is 2.25. The van der Waals surface area contributed by atoms with Crippen molar-refractivity contribution in [3.8, 4) is 0 Å². The predicted molar refractivity (Wildman–Crippen MR) is 48.1 cm³/mol. The third-order valence-corrected chi connectivity index (χ3v) is 4.12. The number of carboxylic acids is 1. The number of nitrogens with one attached hydrogen (secondary N) is 1. The molecule has 1 saturated carbocycles. The zero-order chi connectivity index (χ0) is 8.77. The Morgan fingerprint density at radius 3 is 2.75 bits per heavy atom. The van der Waals surface area contributed by atoms with Crippen molar-refractivity contribution in [3.63, 3.8) is 0 Å². The lowest BCUT2D eigenvalue weighted by atomic mass is 9.81. The van der Waals surface area contributed by atoms with Crippen LogP contribution in [0.2, 0.25) is 0 Å². The first-order chi connectivity index (χ1) is 5.61. The highest BCUT2D eigenvalue weighted by atomic mass is 32.2. The molecule has 2 aliphatic rings. The van der Waals surface area contributed by atoms with Crippen LogP contribution in [0.1, 0.15) is 19.8 Å². The average Bonchev–Trinajstić information content (AvgIpc) is 2.31. The van der Waals surface area contributed by atoms with E-state index in [-0.39, 0.29) is 10.9 Å². The van der Waals surface area contributed by atoms with Gasteiger partial charge >= 0.3 is 5.97 Å². The first kappa shape index (κ1) is 8.38. The van der Waals surface area contributed by atoms with Gasteiger partial charge < -0.3 is 5.11 Å². The Morgan fingerprint density at radius 1 is 1.67 bits per heavy atom. The number of hydrogen-bond donors (Lipinski definition) is 2. The minimum absolute atomic E-state index is 0.127. The second-order valence-corrected chi connectivity index (χ2v) is 5.26. The summed E-state index contributed by atoms with van der Waals surface area (Å²) in [5, 5.41) is 12.0. The normalized spacial score (nSPS) is 46.1. The van der Waals surface area contributed by atoms with Gasteiger partial charge in [0.25, 0.3) is 0 Å². The summed E-state index contributed by atoms with van der Waals surface area (Å²) in [4.78, 5) is 10.8. The molecule has 2 N–H and O–H groups in total. The van der Waals surface area contributed by atoms with Crippen molar-refractivity contribution in [2.24, 2.45) is 5.92 Å². The third-order valence-electron chi connectivity index (χ3n) is 2.62. The molecule has 1 saturated heterocycles. The molecule has 3 nitrogen and oxygen atoms in total. The zero-order valence-electron chi connectivity index (χ0n) is 7.04. The standard InChI is InChI=1S/C8H13NO2S/c1-5-2-8(3-5)9-6(4-12-8)7(10)11/h5-6,9H,2-4H2,1H3,(H,10,11). The van der Waals surface area contributed by atoms with E-state index in [0.29, 0.717) is 0 Å². The predicted octanol–water partition coefficient (Wildman–Crippen LogP) is 0.902. The second-order valence-electron chi connectivity index (χ2n) is 3.85. The molecule has 2 fully saturated rings. The van der Waals surface area contributed by atoms with Crippen LogP contribution in [0, 0.1) is 5.92 Å². The van der Waals surface area contributed by atoms with Crippen molar-refractivity contribution in [3.05, 3.63) is 0 Å². The molecule has 68 valence electrons. The van der Waals surface area contributed by atoms with E-state index in [4.69, 9.17) is 5.11 Å². The van der Waals surface area contributed by atoms with E-state index in [1.165, 1.54) is 0 Å². The molecule has 2 rings (SSSR count). The molecule has 0 aromatic heterocycles. The van der Waals surface area contributed by atoms with Crippen LogP contribution in [0.5, 0.6) is 0 Å². The Labute approximate surface area is 75.9 Å². The molecule has 12 heavy (non-hydrogen) atoms. The molecule has 0 aromatic carbocycles. The highest BCUT2D eigenvalue weighted by molar-refractivity contribution is 8.01. The van der Waals surface area contributed by atoms with Crippen molar-refractivity contribution >= 4 is 17.7 Å². The Bertz CT molecular complexity index is 213. The number of carbonyl (C=O) groups is 1. The topological polar surface area (TPSA) is 49.3 Å². The van der Waals surface area contributed by atoms with E-state index >= 15 is 0 Å². The van der Waals surface area contributed by atoms with Crippen LogP contribution in [0.15, 0.2) is 0 Å². The fraction of sp³-hybridized carbons (Fsp3) is 0.875. The Hall–Kier alpha value is -0.220. The maximum absolute atomic E-state index is 10.6. The monoisotopic (exact) mass is 187 g/mol. The zero-order valence-corrected chi connectivity index (χ0v) is 7.86. The highest BCUT2D eigenvalue weighted by Gasteiger charge is 2.49. The summed E-state index contributed by atoms with van der Waals surface area (Å²) in [6, 6.07) is -0.317. The van der Waals surface area contributed by atoms with E-state index in [1.807, 2.05) is 0 Å². The van der Waals surface area contributed by atoms with Crippen LogP contribution in [-0.2, 0) is 4.79 Å². The summed E-state index contributed by atoms with van der Waals surface area (Å²) >= 11 is 1.78. The molecular weight excluding hydrogens is 174 g/mol. The number of carboxylic acid groups (broad SMARTS) is 1. The van der Waals surface area contributed by atoms with E-state index in [9.17, 15) is 4.79 Å². The van der Waals surface area contributed by atoms with Gasteiger partial charge in [-0.15, -0.1) is 11.8 Å². The highest BCUT2D eigenvalue weighted by Crippen LogP contribution is 2.49. The van der Waals surface area contributed by atoms with Crippen molar-refractivity contribution in [1.29, 1.82) is 0 Å². The molecule has 1 spiro atoms. The molecule has 1 aliphatic heterocycles. The van der Waals surface area contributed by atoms with Crippen LogP contribution in [0.3, 0.4) is 0 Å². The van der Waals surface area contributed by atoms with Gasteiger partial charge in [0.05, 0.1) is 4.87 Å². The molecule has 0 bridgehead atoms. The van der Waals surface area contributed by atoms with E-state index in [1.54, 1.807) is 11.8 Å². The first-order valence-corrected chi connectivity index (χ1v) is 5.24. The summed E-state index contributed by atoms with van der Waals surface area (Å²) in [7, 11) is 0. The number of rotatable bonds is 1. The Balaban J connectivity index is 1.95. The van der Waals surface area contributed by atoms with Crippen LogP contribution in [0.4, 0.5) is 0 Å². The summed E-state index contributed by atoms with van der Waals surface area (Å²) in [5.74, 6) is 0.777. The van der Waals surface area contributed by atoms with Gasteiger partial charge in [-0.1, -0.05) is 6.92 Å². The summed E-state index contributed by atoms with van der Waals surface area (Å²) in [5.41, 5.74) is 0. The number of thioether (sulfide) groups is 1.